The van der Waals surface area contributed by atoms with Crippen molar-refractivity contribution in [3.63, 3.8) is 0 Å². The van der Waals surface area contributed by atoms with Crippen LogP contribution < -0.4 is 5.56 Å². The van der Waals surface area contributed by atoms with Gasteiger partial charge in [0.2, 0.25) is 0 Å². The number of ketones is 1. The summed E-state index contributed by atoms with van der Waals surface area (Å²) in [6.07, 6.45) is 1.07. The minimum absolute atomic E-state index is 0.131. The van der Waals surface area contributed by atoms with E-state index in [2.05, 4.69) is 4.74 Å². The van der Waals surface area contributed by atoms with E-state index in [1.165, 1.54) is 14.0 Å². The summed E-state index contributed by atoms with van der Waals surface area (Å²) in [7, 11) is 1.36. The van der Waals surface area contributed by atoms with E-state index in [0.717, 1.165) is 16.8 Å². The number of pyridine rings is 1. The number of aromatic nitrogens is 1. The van der Waals surface area contributed by atoms with Crippen LogP contribution in [0.2, 0.25) is 0 Å². The second-order valence-electron chi connectivity index (χ2n) is 3.54. The smallest absolute Gasteiger partial charge is 0.288 e. The van der Waals surface area contributed by atoms with Crippen LogP contribution in [0.25, 0.3) is 0 Å². The molecule has 1 heterocycles. The van der Waals surface area contributed by atoms with Gasteiger partial charge in [-0.1, -0.05) is 0 Å². The topological polar surface area (TPSA) is 91.4 Å². The molecule has 0 N–H and O–H groups in total. The Morgan fingerprint density at radius 2 is 2.24 bits per heavy atom. The molecule has 0 bridgehead atoms. The number of hydrogen-bond acceptors (Lipinski definition) is 5. The SMILES string of the molecule is COCC(=O)Cn1cc([N+](=O)[O-])c(C)cc1=O. The summed E-state index contributed by atoms with van der Waals surface area (Å²) < 4.78 is 5.62. The molecule has 1 rings (SSSR count). The highest BCUT2D eigenvalue weighted by Gasteiger charge is 2.14. The number of carbonyl (C=O) groups excluding carboxylic acids is 1. The molecule has 7 nitrogen and oxygen atoms in total. The summed E-state index contributed by atoms with van der Waals surface area (Å²) in [5.41, 5.74) is -0.359. The van der Waals surface area contributed by atoms with E-state index in [0.29, 0.717) is 0 Å². The van der Waals surface area contributed by atoms with Crippen LogP contribution in [0.5, 0.6) is 0 Å². The summed E-state index contributed by atoms with van der Waals surface area (Å²) in [5.74, 6) is -0.326. The molecular weight excluding hydrogens is 228 g/mol. The van der Waals surface area contributed by atoms with Gasteiger partial charge in [-0.25, -0.2) is 0 Å². The van der Waals surface area contributed by atoms with Crippen molar-refractivity contribution < 1.29 is 14.5 Å². The lowest BCUT2D eigenvalue weighted by atomic mass is 10.2. The van der Waals surface area contributed by atoms with Crippen LogP contribution in [-0.2, 0) is 16.1 Å². The number of ether oxygens (including phenoxy) is 1. The van der Waals surface area contributed by atoms with E-state index in [1.54, 1.807) is 0 Å². The molecule has 0 unspecified atom stereocenters. The number of carbonyl (C=O) groups is 1. The van der Waals surface area contributed by atoms with Crippen molar-refractivity contribution in [1.29, 1.82) is 0 Å². The molecule has 7 heteroatoms. The zero-order valence-electron chi connectivity index (χ0n) is 9.50. The van der Waals surface area contributed by atoms with E-state index >= 15 is 0 Å². The zero-order valence-corrected chi connectivity index (χ0v) is 9.50. The second kappa shape index (κ2) is 5.35. The first-order chi connectivity index (χ1) is 7.95. The number of nitrogens with zero attached hydrogens (tertiary/aromatic N) is 2. The Morgan fingerprint density at radius 3 is 2.76 bits per heavy atom. The number of methoxy groups -OCH3 is 1. The van der Waals surface area contributed by atoms with Crippen molar-refractivity contribution in [2.45, 2.75) is 13.5 Å². The maximum atomic E-state index is 11.5. The minimum atomic E-state index is -0.591. The van der Waals surface area contributed by atoms with Gasteiger partial charge in [-0.05, 0) is 6.92 Å². The zero-order chi connectivity index (χ0) is 13.0. The Hall–Kier alpha value is -2.02. The van der Waals surface area contributed by atoms with E-state index < -0.39 is 10.5 Å². The Bertz CT molecular complexity index is 506. The third kappa shape index (κ3) is 3.22. The van der Waals surface area contributed by atoms with E-state index in [4.69, 9.17) is 0 Å². The van der Waals surface area contributed by atoms with Gasteiger partial charge in [-0.15, -0.1) is 0 Å². The molecule has 0 amide bonds. The van der Waals surface area contributed by atoms with Crippen LogP contribution in [0.15, 0.2) is 17.1 Å². The first kappa shape index (κ1) is 13.0. The molecule has 0 aliphatic rings. The molecule has 92 valence electrons. The van der Waals surface area contributed by atoms with Crippen molar-refractivity contribution in [2.75, 3.05) is 13.7 Å². The van der Waals surface area contributed by atoms with Crippen LogP contribution >= 0.6 is 0 Å². The van der Waals surface area contributed by atoms with Gasteiger partial charge in [0.1, 0.15) is 6.61 Å². The van der Waals surface area contributed by atoms with Crippen molar-refractivity contribution in [2.24, 2.45) is 0 Å². The van der Waals surface area contributed by atoms with Crippen LogP contribution in [0.3, 0.4) is 0 Å². The number of aryl methyl sites for hydroxylation is 1. The molecule has 0 spiro atoms. The molecule has 0 saturated carbocycles. The average Bonchev–Trinajstić information content (AvgIpc) is 2.21. The number of nitro groups is 1. The van der Waals surface area contributed by atoms with Crippen LogP contribution in [0, 0.1) is 17.0 Å². The maximum absolute atomic E-state index is 11.5. The summed E-state index contributed by atoms with van der Waals surface area (Å²) in [6, 6.07) is 1.14. The monoisotopic (exact) mass is 240 g/mol. The highest BCUT2D eigenvalue weighted by atomic mass is 16.6. The highest BCUT2D eigenvalue weighted by Crippen LogP contribution is 2.13. The first-order valence-corrected chi connectivity index (χ1v) is 4.82. The fourth-order valence-corrected chi connectivity index (χ4v) is 1.37. The van der Waals surface area contributed by atoms with Crippen LogP contribution in [0.1, 0.15) is 5.56 Å². The molecular formula is C10H12N2O5. The lowest BCUT2D eigenvalue weighted by molar-refractivity contribution is -0.385. The van der Waals surface area contributed by atoms with E-state index in [9.17, 15) is 19.7 Å². The molecule has 0 radical (unpaired) electrons. The fraction of sp³-hybridized carbons (Fsp3) is 0.400. The molecule has 1 aromatic rings. The van der Waals surface area contributed by atoms with E-state index in [1.807, 2.05) is 0 Å². The molecule has 0 aliphatic carbocycles. The van der Waals surface area contributed by atoms with Crippen LogP contribution in [-0.4, -0.2) is 29.0 Å². The number of rotatable bonds is 5. The highest BCUT2D eigenvalue weighted by molar-refractivity contribution is 5.79. The van der Waals surface area contributed by atoms with Gasteiger partial charge >= 0.3 is 0 Å². The van der Waals surface area contributed by atoms with Gasteiger partial charge in [-0.3, -0.25) is 19.7 Å². The summed E-state index contributed by atoms with van der Waals surface area (Å²) in [4.78, 5) is 32.9. The second-order valence-corrected chi connectivity index (χ2v) is 3.54. The fourth-order valence-electron chi connectivity index (χ4n) is 1.37. The third-order valence-electron chi connectivity index (χ3n) is 2.15. The minimum Gasteiger partial charge on any atom is -0.377 e. The van der Waals surface area contributed by atoms with E-state index in [-0.39, 0.29) is 30.2 Å². The Balaban J connectivity index is 3.08. The van der Waals surface area contributed by atoms with Gasteiger partial charge in [0.05, 0.1) is 17.7 Å². The predicted octanol–water partition coefficient (Wildman–Crippen LogP) is 0.280. The quantitative estimate of drug-likeness (QED) is 0.544. The van der Waals surface area contributed by atoms with Crippen molar-refractivity contribution in [3.8, 4) is 0 Å². The lowest BCUT2D eigenvalue weighted by Crippen LogP contribution is -2.25. The third-order valence-corrected chi connectivity index (χ3v) is 2.15. The summed E-state index contributed by atoms with van der Waals surface area (Å²) >= 11 is 0. The van der Waals surface area contributed by atoms with Crippen molar-refractivity contribution in [1.82, 2.24) is 4.57 Å². The van der Waals surface area contributed by atoms with Gasteiger partial charge in [-0.2, -0.15) is 0 Å². The molecule has 1 aromatic heterocycles. The van der Waals surface area contributed by atoms with Gasteiger partial charge in [0.15, 0.2) is 5.78 Å². The Labute approximate surface area is 96.8 Å². The number of hydrogen-bond donors (Lipinski definition) is 0. The molecule has 0 aromatic carbocycles. The van der Waals surface area contributed by atoms with Crippen LogP contribution in [0.4, 0.5) is 5.69 Å². The largest absolute Gasteiger partial charge is 0.377 e. The first-order valence-electron chi connectivity index (χ1n) is 4.82. The van der Waals surface area contributed by atoms with Gasteiger partial charge < -0.3 is 9.30 Å². The Morgan fingerprint density at radius 1 is 1.59 bits per heavy atom. The molecule has 0 aliphatic heterocycles. The van der Waals surface area contributed by atoms with Crippen molar-refractivity contribution >= 4 is 11.5 Å². The number of Topliss-reactive ketones (excluding diaryl/α,β-unsaturated/α-hetero) is 1. The lowest BCUT2D eigenvalue weighted by Gasteiger charge is -2.05. The Kier molecular flexibility index (Phi) is 4.11. The molecule has 0 fully saturated rings. The maximum Gasteiger partial charge on any atom is 0.288 e. The summed E-state index contributed by atoms with van der Waals surface area (Å²) in [6.45, 7) is 1.11. The average molecular weight is 240 g/mol. The summed E-state index contributed by atoms with van der Waals surface area (Å²) in [5, 5.41) is 10.7. The molecule has 17 heavy (non-hydrogen) atoms. The predicted molar refractivity (Wildman–Crippen MR) is 59.0 cm³/mol. The van der Waals surface area contributed by atoms with Gasteiger partial charge in [0.25, 0.3) is 11.2 Å². The normalized spacial score (nSPS) is 10.2. The van der Waals surface area contributed by atoms with Gasteiger partial charge in [0, 0.05) is 18.7 Å². The standard InChI is InChI=1S/C10H12N2O5/c1-7-3-10(14)11(4-8(13)6-17-2)5-9(7)12(15)16/h3,5H,4,6H2,1-2H3. The molecule has 0 saturated heterocycles. The van der Waals surface area contributed by atoms with Crippen molar-refractivity contribution in [3.05, 3.63) is 38.3 Å². The molecule has 0 atom stereocenters.